The van der Waals surface area contributed by atoms with E-state index < -0.39 is 5.60 Å². The summed E-state index contributed by atoms with van der Waals surface area (Å²) in [6, 6.07) is 7.97. The molecule has 0 atom stereocenters. The zero-order valence-electron chi connectivity index (χ0n) is 15.0. The molecule has 130 valence electrons. The number of amides is 1. The molecular formula is C19H22N4O2. The molecule has 3 rings (SSSR count). The number of carbonyl (C=O) groups excluding carboxylic acids is 1. The molecule has 1 aliphatic rings. The lowest BCUT2D eigenvalue weighted by Gasteiger charge is -2.30. The van der Waals surface area contributed by atoms with E-state index in [1.165, 1.54) is 0 Å². The van der Waals surface area contributed by atoms with E-state index in [2.05, 4.69) is 22.0 Å². The van der Waals surface area contributed by atoms with Gasteiger partial charge in [-0.3, -0.25) is 4.90 Å². The number of fused-ring (bicyclic) bond motifs is 1. The molecule has 1 amide bonds. The highest BCUT2D eigenvalue weighted by Gasteiger charge is 2.27. The van der Waals surface area contributed by atoms with Gasteiger partial charge in [-0.1, -0.05) is 24.1 Å². The van der Waals surface area contributed by atoms with Crippen LogP contribution in [0.5, 0.6) is 0 Å². The van der Waals surface area contributed by atoms with Crippen molar-refractivity contribution < 1.29 is 9.53 Å². The molecule has 25 heavy (non-hydrogen) atoms. The second kappa shape index (κ2) is 6.60. The van der Waals surface area contributed by atoms with Crippen molar-refractivity contribution in [1.29, 1.82) is 0 Å². The van der Waals surface area contributed by atoms with Crippen molar-refractivity contribution in [3.63, 3.8) is 0 Å². The number of aryl methyl sites for hydroxylation is 1. The molecule has 2 aromatic rings. The Labute approximate surface area is 147 Å². The van der Waals surface area contributed by atoms with Crippen LogP contribution in [0.15, 0.2) is 24.3 Å². The molecule has 0 aliphatic carbocycles. The van der Waals surface area contributed by atoms with Crippen molar-refractivity contribution in [3.8, 4) is 11.8 Å². The van der Waals surface area contributed by atoms with Gasteiger partial charge in [0.25, 0.3) is 0 Å². The van der Waals surface area contributed by atoms with Gasteiger partial charge >= 0.3 is 6.09 Å². The number of nitrogens with zero attached hydrogens (tertiary/aromatic N) is 4. The fourth-order valence-corrected chi connectivity index (χ4v) is 2.57. The minimum Gasteiger partial charge on any atom is -0.444 e. The van der Waals surface area contributed by atoms with Gasteiger partial charge in [0.05, 0.1) is 6.54 Å². The van der Waals surface area contributed by atoms with E-state index in [0.717, 1.165) is 17.0 Å². The highest BCUT2D eigenvalue weighted by molar-refractivity contribution is 5.68. The van der Waals surface area contributed by atoms with Gasteiger partial charge in [-0.25, -0.2) is 4.79 Å². The van der Waals surface area contributed by atoms with Crippen LogP contribution in [0.4, 0.5) is 4.79 Å². The van der Waals surface area contributed by atoms with Crippen LogP contribution in [0.1, 0.15) is 43.5 Å². The minimum atomic E-state index is -0.508. The highest BCUT2D eigenvalue weighted by atomic mass is 16.6. The van der Waals surface area contributed by atoms with Crippen LogP contribution in [-0.4, -0.2) is 37.9 Å². The monoisotopic (exact) mass is 338 g/mol. The third-order valence-corrected chi connectivity index (χ3v) is 3.86. The summed E-state index contributed by atoms with van der Waals surface area (Å²) < 4.78 is 7.38. The van der Waals surface area contributed by atoms with Gasteiger partial charge in [-0.15, -0.1) is 10.2 Å². The largest absolute Gasteiger partial charge is 0.444 e. The van der Waals surface area contributed by atoms with Crippen LogP contribution in [0.2, 0.25) is 0 Å². The molecule has 0 saturated carbocycles. The maximum atomic E-state index is 12.2. The molecule has 0 spiro atoms. The summed E-state index contributed by atoms with van der Waals surface area (Å²) in [5.74, 6) is 7.60. The molecule has 1 aromatic carbocycles. The Bertz CT molecular complexity index is 852. The SMILES string of the molecule is Cc1ccccc1C#Cc1nnc2n1CCN(C(=O)OC(C)(C)C)C2. The molecule has 0 saturated heterocycles. The van der Waals surface area contributed by atoms with Crippen molar-refractivity contribution in [2.75, 3.05) is 6.54 Å². The Balaban J connectivity index is 1.76. The molecular weight excluding hydrogens is 316 g/mol. The van der Waals surface area contributed by atoms with Gasteiger partial charge < -0.3 is 9.30 Å². The molecule has 1 aromatic heterocycles. The first-order valence-corrected chi connectivity index (χ1v) is 8.31. The zero-order valence-corrected chi connectivity index (χ0v) is 15.0. The maximum Gasteiger partial charge on any atom is 0.410 e. The van der Waals surface area contributed by atoms with Crippen LogP contribution in [0.25, 0.3) is 0 Å². The van der Waals surface area contributed by atoms with E-state index in [-0.39, 0.29) is 6.09 Å². The lowest BCUT2D eigenvalue weighted by molar-refractivity contribution is 0.0195. The number of ether oxygens (including phenoxy) is 1. The van der Waals surface area contributed by atoms with E-state index >= 15 is 0 Å². The van der Waals surface area contributed by atoms with Crippen molar-refractivity contribution in [2.24, 2.45) is 0 Å². The van der Waals surface area contributed by atoms with Gasteiger partial charge in [0.15, 0.2) is 5.82 Å². The van der Waals surface area contributed by atoms with E-state index in [1.54, 1.807) is 4.90 Å². The summed E-state index contributed by atoms with van der Waals surface area (Å²) >= 11 is 0. The first-order chi connectivity index (χ1) is 11.8. The number of hydrogen-bond donors (Lipinski definition) is 0. The second-order valence-electron chi connectivity index (χ2n) is 7.06. The lowest BCUT2D eigenvalue weighted by Crippen LogP contribution is -2.41. The molecule has 0 N–H and O–H groups in total. The summed E-state index contributed by atoms with van der Waals surface area (Å²) in [5.41, 5.74) is 1.60. The lowest BCUT2D eigenvalue weighted by atomic mass is 10.1. The summed E-state index contributed by atoms with van der Waals surface area (Å²) in [7, 11) is 0. The predicted octanol–water partition coefficient (Wildman–Crippen LogP) is 2.74. The van der Waals surface area contributed by atoms with Gasteiger partial charge in [0.2, 0.25) is 5.82 Å². The number of hydrogen-bond acceptors (Lipinski definition) is 4. The third-order valence-electron chi connectivity index (χ3n) is 3.86. The van der Waals surface area contributed by atoms with Crippen LogP contribution >= 0.6 is 0 Å². The molecule has 0 fully saturated rings. The summed E-state index contributed by atoms with van der Waals surface area (Å²) in [6.45, 7) is 9.15. The summed E-state index contributed by atoms with van der Waals surface area (Å²) in [4.78, 5) is 13.8. The summed E-state index contributed by atoms with van der Waals surface area (Å²) in [6.07, 6.45) is -0.325. The fraction of sp³-hybridized carbons (Fsp3) is 0.421. The van der Waals surface area contributed by atoms with Crippen LogP contribution in [-0.2, 0) is 17.8 Å². The first kappa shape index (κ1) is 17.0. The highest BCUT2D eigenvalue weighted by Crippen LogP contribution is 2.16. The molecule has 2 heterocycles. The average Bonchev–Trinajstić information content (AvgIpc) is 2.95. The van der Waals surface area contributed by atoms with E-state index in [4.69, 9.17) is 4.74 Å². The van der Waals surface area contributed by atoms with Crippen LogP contribution in [0.3, 0.4) is 0 Å². The fourth-order valence-electron chi connectivity index (χ4n) is 2.57. The Hall–Kier alpha value is -2.81. The maximum absolute atomic E-state index is 12.2. The van der Waals surface area contributed by atoms with Crippen LogP contribution < -0.4 is 0 Å². The zero-order chi connectivity index (χ0) is 18.0. The first-order valence-electron chi connectivity index (χ1n) is 8.31. The van der Waals surface area contributed by atoms with Crippen LogP contribution in [0, 0.1) is 18.8 Å². The quantitative estimate of drug-likeness (QED) is 0.693. The minimum absolute atomic E-state index is 0.325. The van der Waals surface area contributed by atoms with Gasteiger partial charge in [-0.05, 0) is 45.2 Å². The molecule has 6 heteroatoms. The Morgan fingerprint density at radius 1 is 1.16 bits per heavy atom. The Kier molecular flexibility index (Phi) is 4.49. The molecule has 0 bridgehead atoms. The van der Waals surface area contributed by atoms with Crippen molar-refractivity contribution in [1.82, 2.24) is 19.7 Å². The number of benzene rings is 1. The van der Waals surface area contributed by atoms with E-state index in [1.807, 2.05) is 56.5 Å². The van der Waals surface area contributed by atoms with E-state index in [0.29, 0.717) is 25.5 Å². The Morgan fingerprint density at radius 2 is 1.92 bits per heavy atom. The molecule has 0 unspecified atom stereocenters. The topological polar surface area (TPSA) is 60.2 Å². The van der Waals surface area contributed by atoms with Gasteiger partial charge in [0.1, 0.15) is 5.60 Å². The van der Waals surface area contributed by atoms with Crippen molar-refractivity contribution in [3.05, 3.63) is 47.0 Å². The van der Waals surface area contributed by atoms with Crippen molar-refractivity contribution in [2.45, 2.75) is 46.4 Å². The standard InChI is InChI=1S/C19H22N4O2/c1-14-7-5-6-8-15(14)9-10-16-20-21-17-13-22(11-12-23(16)17)18(24)25-19(2,3)4/h5-8H,11-13H2,1-4H3. The Morgan fingerprint density at radius 3 is 2.64 bits per heavy atom. The normalized spacial score (nSPS) is 13.7. The number of rotatable bonds is 0. The van der Waals surface area contributed by atoms with Gasteiger partial charge in [0, 0.05) is 18.7 Å². The molecule has 0 radical (unpaired) electrons. The van der Waals surface area contributed by atoms with Crippen molar-refractivity contribution >= 4 is 6.09 Å². The smallest absolute Gasteiger partial charge is 0.410 e. The second-order valence-corrected chi connectivity index (χ2v) is 7.06. The number of carbonyl (C=O) groups is 1. The molecule has 1 aliphatic heterocycles. The molecule has 6 nitrogen and oxygen atoms in total. The van der Waals surface area contributed by atoms with Gasteiger partial charge in [-0.2, -0.15) is 0 Å². The number of aromatic nitrogens is 3. The average molecular weight is 338 g/mol. The van der Waals surface area contributed by atoms with E-state index in [9.17, 15) is 4.79 Å². The summed E-state index contributed by atoms with van der Waals surface area (Å²) in [5, 5.41) is 8.35. The predicted molar refractivity (Wildman–Crippen MR) is 93.8 cm³/mol. The third kappa shape index (κ3) is 4.00.